The second-order valence-electron chi connectivity index (χ2n) is 1.92. The van der Waals surface area contributed by atoms with Crippen LogP contribution < -0.4 is 0 Å². The number of hydrogen-bond donors (Lipinski definition) is 1. The third-order valence-electron chi connectivity index (χ3n) is 1.19. The van der Waals surface area contributed by atoms with Gasteiger partial charge in [-0.3, -0.25) is 0 Å². The summed E-state index contributed by atoms with van der Waals surface area (Å²) in [6.45, 7) is 0. The zero-order valence-corrected chi connectivity index (χ0v) is 9.12. The van der Waals surface area contributed by atoms with Gasteiger partial charge in [0.05, 0.1) is 15.1 Å². The monoisotopic (exact) mass is 276 g/mol. The van der Waals surface area contributed by atoms with Crippen molar-refractivity contribution in [3.63, 3.8) is 0 Å². The molecule has 0 aliphatic carbocycles. The lowest BCUT2D eigenvalue weighted by atomic mass is 12.3. The Hall–Kier alpha value is 0.470. The Bertz CT molecular complexity index is 230. The van der Waals surface area contributed by atoms with E-state index >= 15 is 0 Å². The Balaban J connectivity index is 3.60. The molecule has 0 fully saturated rings. The van der Waals surface area contributed by atoms with E-state index in [1.54, 1.807) is 0 Å². The standard InChI is InChI=1S/C6HCl5O/c7-1-2(8)4(10)6(12)5(11)3(1)9/h12H/i1+2,2+2,3+2,4+2,5+2,6+2. The molecule has 66 valence electrons. The molecule has 0 atom stereocenters. The second kappa shape index (κ2) is 3.69. The summed E-state index contributed by atoms with van der Waals surface area (Å²) in [4.78, 5) is 0. The van der Waals surface area contributed by atoms with Crippen LogP contribution in [0.5, 0.6) is 5.75 Å². The van der Waals surface area contributed by atoms with E-state index in [1.165, 1.54) is 0 Å². The zero-order chi connectivity index (χ0) is 9.46. The largest absolute Gasteiger partial charge is 0.505 e. The number of phenolic OH excluding ortho intramolecular Hbond substituents is 1. The zero-order valence-electron chi connectivity index (χ0n) is 5.34. The third kappa shape index (κ3) is 1.57. The molecular weight excluding hydrogens is 277 g/mol. The minimum absolute atomic E-state index is 0.00904. The molecule has 0 bridgehead atoms. The molecule has 1 aromatic rings. The van der Waals surface area contributed by atoms with E-state index in [4.69, 9.17) is 58.0 Å². The van der Waals surface area contributed by atoms with Gasteiger partial charge in [-0.15, -0.1) is 0 Å². The maximum Gasteiger partial charge on any atom is 0.155 e. The van der Waals surface area contributed by atoms with Gasteiger partial charge >= 0.3 is 0 Å². The third-order valence-corrected chi connectivity index (χ3v) is 3.44. The van der Waals surface area contributed by atoms with Crippen LogP contribution >= 0.6 is 58.0 Å². The first kappa shape index (κ1) is 10.6. The summed E-state index contributed by atoms with van der Waals surface area (Å²) in [5.74, 6) is -0.363. The molecule has 1 nitrogen and oxygen atoms in total. The van der Waals surface area contributed by atoms with Crippen LogP contribution in [-0.4, -0.2) is 5.11 Å². The highest BCUT2D eigenvalue weighted by Gasteiger charge is 2.17. The van der Waals surface area contributed by atoms with E-state index in [-0.39, 0.29) is 30.9 Å². The lowest BCUT2D eigenvalue weighted by Gasteiger charge is -2.06. The molecule has 0 heterocycles. The lowest BCUT2D eigenvalue weighted by molar-refractivity contribution is 0.476. The number of rotatable bonds is 0. The van der Waals surface area contributed by atoms with Crippen LogP contribution in [0, 0.1) is 0 Å². The molecule has 0 radical (unpaired) electrons. The van der Waals surface area contributed by atoms with Gasteiger partial charge in [-0.2, -0.15) is 0 Å². The van der Waals surface area contributed by atoms with Gasteiger partial charge in [-0.05, 0) is 0 Å². The van der Waals surface area contributed by atoms with Crippen molar-refractivity contribution in [2.75, 3.05) is 0 Å². The quantitative estimate of drug-likeness (QED) is 0.540. The first-order valence-electron chi connectivity index (χ1n) is 2.67. The summed E-state index contributed by atoms with van der Waals surface area (Å²) in [6.07, 6.45) is 0. The van der Waals surface area contributed by atoms with E-state index in [0.717, 1.165) is 0 Å². The normalized spacial score (nSPS) is 10.4. The predicted octanol–water partition coefficient (Wildman–Crippen LogP) is 4.66. The summed E-state index contributed by atoms with van der Waals surface area (Å²) in [5, 5.41) is 9.01. The minimum atomic E-state index is -0.363. The molecule has 1 rings (SSSR count). The fourth-order valence-corrected chi connectivity index (χ4v) is 1.72. The first-order valence-corrected chi connectivity index (χ1v) is 4.56. The van der Waals surface area contributed by atoms with Crippen molar-refractivity contribution >= 4 is 58.0 Å². The number of aromatic hydroxyl groups is 1. The minimum Gasteiger partial charge on any atom is -0.505 e. The molecule has 12 heavy (non-hydrogen) atoms. The molecule has 0 aromatic heterocycles. The smallest absolute Gasteiger partial charge is 0.155 e. The van der Waals surface area contributed by atoms with E-state index in [0.29, 0.717) is 0 Å². The maximum atomic E-state index is 9.20. The summed E-state index contributed by atoms with van der Waals surface area (Å²) in [6, 6.07) is 0. The SMILES string of the molecule is O[14c]1[14c](Cl)[14c](Cl)[14c](Cl)[14c](Cl)[14c]1Cl. The molecule has 0 aliphatic rings. The van der Waals surface area contributed by atoms with Crippen molar-refractivity contribution in [2.24, 2.45) is 0 Å². The van der Waals surface area contributed by atoms with Crippen molar-refractivity contribution in [1.82, 2.24) is 0 Å². The molecule has 1 N–H and O–H groups in total. The summed E-state index contributed by atoms with van der Waals surface area (Å²) < 4.78 is 0. The van der Waals surface area contributed by atoms with Gasteiger partial charge in [0.15, 0.2) is 5.75 Å². The van der Waals surface area contributed by atoms with E-state index in [2.05, 4.69) is 0 Å². The summed E-state index contributed by atoms with van der Waals surface area (Å²) >= 11 is 27.9. The van der Waals surface area contributed by atoms with E-state index in [1.807, 2.05) is 0 Å². The Kier molecular flexibility index (Phi) is 3.24. The average molecular weight is 278 g/mol. The van der Waals surface area contributed by atoms with Crippen molar-refractivity contribution < 1.29 is 5.11 Å². The van der Waals surface area contributed by atoms with Crippen LogP contribution in [0.4, 0.5) is 0 Å². The molecule has 0 saturated carbocycles. The molecule has 0 unspecified atom stereocenters. The van der Waals surface area contributed by atoms with Gasteiger partial charge in [0.2, 0.25) is 0 Å². The molecule has 0 saturated heterocycles. The van der Waals surface area contributed by atoms with Crippen LogP contribution in [-0.2, 0) is 0 Å². The van der Waals surface area contributed by atoms with E-state index < -0.39 is 0 Å². The second-order valence-corrected chi connectivity index (χ2v) is 3.81. The molecular formula is C6HCl5O. The molecule has 1 aromatic carbocycles. The number of benzene rings is 1. The van der Waals surface area contributed by atoms with Crippen LogP contribution in [0.25, 0.3) is 0 Å². The molecule has 0 aliphatic heterocycles. The van der Waals surface area contributed by atoms with Gasteiger partial charge in [-0.1, -0.05) is 58.0 Å². The van der Waals surface area contributed by atoms with Crippen LogP contribution in [0.1, 0.15) is 0 Å². The molecule has 0 spiro atoms. The lowest BCUT2D eigenvalue weighted by Crippen LogP contribution is -1.78. The van der Waals surface area contributed by atoms with Gasteiger partial charge in [0, 0.05) is 0 Å². The van der Waals surface area contributed by atoms with Crippen molar-refractivity contribution in [2.45, 2.75) is 0 Å². The highest BCUT2D eigenvalue weighted by Crippen LogP contribution is 2.47. The van der Waals surface area contributed by atoms with Gasteiger partial charge in [0.25, 0.3) is 0 Å². The number of phenols is 1. The van der Waals surface area contributed by atoms with Crippen LogP contribution in [0.15, 0.2) is 0 Å². The Labute approximate surface area is 93.7 Å². The van der Waals surface area contributed by atoms with Crippen LogP contribution in [0.2, 0.25) is 25.1 Å². The molecule has 6 heteroatoms. The van der Waals surface area contributed by atoms with Crippen molar-refractivity contribution in [1.29, 1.82) is 0 Å². The van der Waals surface area contributed by atoms with Crippen molar-refractivity contribution in [3.8, 4) is 5.75 Å². The topological polar surface area (TPSA) is 20.2 Å². The fourth-order valence-electron chi connectivity index (χ4n) is 0.593. The summed E-state index contributed by atoms with van der Waals surface area (Å²) in [7, 11) is 0. The number of hydrogen-bond acceptors (Lipinski definition) is 1. The summed E-state index contributed by atoms with van der Waals surface area (Å²) in [5.41, 5.74) is 0. The maximum absolute atomic E-state index is 9.20. The predicted molar refractivity (Wildman–Crippen MR) is 53.2 cm³/mol. The Morgan fingerprint density at radius 2 is 0.833 bits per heavy atom. The van der Waals surface area contributed by atoms with Gasteiger partial charge < -0.3 is 5.11 Å². The fraction of sp³-hybridized carbons (Fsp3) is 0. The number of halogens is 5. The first-order chi connectivity index (χ1) is 5.46. The van der Waals surface area contributed by atoms with Gasteiger partial charge in [-0.25, -0.2) is 0 Å². The Morgan fingerprint density at radius 3 is 1.17 bits per heavy atom. The Morgan fingerprint density at radius 1 is 0.583 bits per heavy atom. The van der Waals surface area contributed by atoms with Gasteiger partial charge in [0.1, 0.15) is 10.0 Å². The molecule has 0 amide bonds. The highest BCUT2D eigenvalue weighted by atomic mass is 35.5. The van der Waals surface area contributed by atoms with E-state index in [9.17, 15) is 5.11 Å². The average Bonchev–Trinajstić information content (AvgIpc) is 2.08. The highest BCUT2D eigenvalue weighted by molar-refractivity contribution is 6.55. The van der Waals surface area contributed by atoms with Crippen LogP contribution in [0.3, 0.4) is 0 Å². The van der Waals surface area contributed by atoms with Crippen molar-refractivity contribution in [3.05, 3.63) is 25.1 Å².